The molecular weight excluding hydrogens is 798 g/mol. The van der Waals surface area contributed by atoms with Crippen molar-refractivity contribution in [1.82, 2.24) is 9.80 Å². The summed E-state index contributed by atoms with van der Waals surface area (Å²) >= 11 is 0. The molecule has 3 saturated carbocycles. The first-order valence-corrected chi connectivity index (χ1v) is 22.0. The molecule has 4 aliphatic carbocycles. The van der Waals surface area contributed by atoms with Gasteiger partial charge in [-0.25, -0.2) is 13.2 Å². The summed E-state index contributed by atoms with van der Waals surface area (Å²) in [4.78, 5) is 29.0. The molecule has 9 nitrogen and oxygen atoms in total. The Labute approximate surface area is 362 Å². The third-order valence-corrected chi connectivity index (χ3v) is 15.1. The molecule has 12 heteroatoms. The van der Waals surface area contributed by atoms with Crippen LogP contribution in [-0.2, 0) is 20.7 Å². The van der Waals surface area contributed by atoms with E-state index in [1.165, 1.54) is 36.4 Å². The predicted molar refractivity (Wildman–Crippen MR) is 230 cm³/mol. The highest BCUT2D eigenvalue weighted by Gasteiger charge is 2.75. The van der Waals surface area contributed by atoms with Crippen LogP contribution in [-0.4, -0.2) is 118 Å². The Balaban J connectivity index is 0.000000190. The van der Waals surface area contributed by atoms with E-state index in [-0.39, 0.29) is 42.0 Å². The van der Waals surface area contributed by atoms with Crippen molar-refractivity contribution in [2.24, 2.45) is 28.6 Å². The highest BCUT2D eigenvalue weighted by atomic mass is 19.1. The normalized spacial score (nSPS) is 32.6. The summed E-state index contributed by atoms with van der Waals surface area (Å²) < 4.78 is 49.9. The van der Waals surface area contributed by atoms with Crippen molar-refractivity contribution in [3.63, 3.8) is 0 Å². The number of Topliss-reactive ketones (excluding diaryl/α,β-unsaturated/α-hetero) is 1. The second-order valence-electron chi connectivity index (χ2n) is 18.6. The molecule has 0 aromatic heterocycles. The van der Waals surface area contributed by atoms with Crippen LogP contribution in [0.2, 0.25) is 0 Å². The van der Waals surface area contributed by atoms with E-state index in [9.17, 15) is 38.8 Å². The summed E-state index contributed by atoms with van der Waals surface area (Å²) in [5.74, 6) is -2.71. The van der Waals surface area contributed by atoms with Crippen molar-refractivity contribution in [2.75, 3.05) is 52.5 Å². The summed E-state index contributed by atoms with van der Waals surface area (Å²) in [5, 5.41) is 42.4. The first kappa shape index (κ1) is 46.0. The molecule has 0 amide bonds. The maximum atomic E-state index is 16.9. The minimum absolute atomic E-state index is 0.0676. The summed E-state index contributed by atoms with van der Waals surface area (Å²) in [6.45, 7) is 10.1. The van der Waals surface area contributed by atoms with Crippen LogP contribution in [0, 0.1) is 40.2 Å². The average Bonchev–Trinajstić information content (AvgIpc) is 3.46. The van der Waals surface area contributed by atoms with Gasteiger partial charge < -0.3 is 25.2 Å². The predicted octanol–water partition coefficient (Wildman–Crippen LogP) is 6.19. The first-order valence-electron chi connectivity index (χ1n) is 22.0. The van der Waals surface area contributed by atoms with Crippen LogP contribution in [0.5, 0.6) is 0 Å². The van der Waals surface area contributed by atoms with Gasteiger partial charge in [-0.3, -0.25) is 19.4 Å². The fourth-order valence-electron chi connectivity index (χ4n) is 11.7. The first-order chi connectivity index (χ1) is 29.5. The van der Waals surface area contributed by atoms with Crippen molar-refractivity contribution in [2.45, 2.75) is 82.5 Å². The smallest absolute Gasteiger partial charge is 0.190 e. The van der Waals surface area contributed by atoms with Crippen molar-refractivity contribution < 1.29 is 47.9 Å². The summed E-state index contributed by atoms with van der Waals surface area (Å²) in [5.41, 5.74) is -2.34. The summed E-state index contributed by atoms with van der Waals surface area (Å²) in [6, 6.07) is 22.6. The Hall–Kier alpha value is -4.01. The molecule has 1 saturated heterocycles. The highest BCUT2D eigenvalue weighted by Crippen LogP contribution is 2.70. The van der Waals surface area contributed by atoms with E-state index in [1.54, 1.807) is 51.1 Å². The van der Waals surface area contributed by atoms with Gasteiger partial charge in [0.25, 0.3) is 0 Å². The Morgan fingerprint density at radius 3 is 2.10 bits per heavy atom. The third kappa shape index (κ3) is 8.64. The number of carbonyl (C=O) groups excluding carboxylic acids is 2. The molecule has 1 aliphatic heterocycles. The van der Waals surface area contributed by atoms with Crippen LogP contribution in [0.1, 0.15) is 69.2 Å². The zero-order chi connectivity index (χ0) is 44.5. The molecule has 5 aliphatic rings. The van der Waals surface area contributed by atoms with Gasteiger partial charge in [-0.2, -0.15) is 0 Å². The van der Waals surface area contributed by atoms with E-state index < -0.39 is 52.4 Å². The van der Waals surface area contributed by atoms with E-state index in [2.05, 4.69) is 9.80 Å². The Morgan fingerprint density at radius 2 is 1.50 bits per heavy atom. The fourth-order valence-corrected chi connectivity index (χ4v) is 11.7. The number of ether oxygens (including phenoxy) is 1. The number of rotatable bonds is 12. The number of ketones is 2. The molecule has 334 valence electrons. The lowest BCUT2D eigenvalue weighted by atomic mass is 9.44. The minimum atomic E-state index is -1.98. The summed E-state index contributed by atoms with van der Waals surface area (Å²) in [6.07, 6.45) is 4.36. The van der Waals surface area contributed by atoms with Crippen LogP contribution in [0.25, 0.3) is 0 Å². The number of alkyl halides is 1. The van der Waals surface area contributed by atoms with Crippen molar-refractivity contribution >= 4 is 11.6 Å². The zero-order valence-electron chi connectivity index (χ0n) is 35.9. The number of aliphatic hydroxyl groups is 4. The van der Waals surface area contributed by atoms with Crippen molar-refractivity contribution in [3.05, 3.63) is 131 Å². The number of fused-ring (bicyclic) bond motifs is 5. The Kier molecular flexibility index (Phi) is 13.8. The van der Waals surface area contributed by atoms with Gasteiger partial charge in [0.2, 0.25) is 0 Å². The molecule has 1 heterocycles. The molecule has 0 radical (unpaired) electrons. The van der Waals surface area contributed by atoms with Gasteiger partial charge in [0, 0.05) is 56.0 Å². The number of piperazine rings is 1. The standard InChI is InChI=1S/C28H32F2N2O2.C22H29FO5/c29-25-10-6-23(7-11-25)28(24-8-12-26(30)13-9-24)34-19-18-31-14-16-32(17-15-31)21-27(33)20-22-4-2-1-3-5-22;1-12-8-16-15-5-4-13-9-14(25)6-7-19(13,2)21(15,23)17(26)10-20(16,3)22(12,28)18(27)11-24/h1-13,27-28,33H,14-21H2;6-7,9,12,15-17,24,26,28H,4-5,8,10-11H2,1-3H3/t;12-,15+,16+,17+,19+,20+,21+,22+/m.1/s1. The SMILES string of the molecule is C[C@@H]1C[C@H]2[C@@H]3CCC4=CC(=O)C=C[C@]4(C)[C@@]3(F)[C@@H](O)C[C@]2(C)[C@@]1(O)C(=O)CO.OC(Cc1ccccc1)CN1CCN(CCOC(c2ccc(F)cc2)c2ccc(F)cc2)CC1. The molecule has 9 atom stereocenters. The van der Waals surface area contributed by atoms with E-state index in [4.69, 9.17) is 4.74 Å². The molecule has 1 unspecified atom stereocenters. The van der Waals surface area contributed by atoms with E-state index >= 15 is 4.39 Å². The zero-order valence-corrected chi connectivity index (χ0v) is 35.9. The van der Waals surface area contributed by atoms with Crippen LogP contribution < -0.4 is 0 Å². The number of hydrogen-bond acceptors (Lipinski definition) is 9. The highest BCUT2D eigenvalue weighted by molar-refractivity contribution is 6.01. The lowest BCUT2D eigenvalue weighted by Gasteiger charge is -2.62. The molecule has 0 bridgehead atoms. The molecule has 4 fully saturated rings. The number of carbonyl (C=O) groups is 2. The van der Waals surface area contributed by atoms with Crippen molar-refractivity contribution in [1.29, 1.82) is 0 Å². The fraction of sp³-hybridized carbons (Fsp3) is 0.520. The second-order valence-corrected chi connectivity index (χ2v) is 18.6. The maximum Gasteiger partial charge on any atom is 0.190 e. The largest absolute Gasteiger partial charge is 0.391 e. The minimum Gasteiger partial charge on any atom is -0.391 e. The molecule has 3 aromatic carbocycles. The molecule has 62 heavy (non-hydrogen) atoms. The molecular formula is C50H61F3N2O7. The lowest BCUT2D eigenvalue weighted by Crippen LogP contribution is -2.69. The van der Waals surface area contributed by atoms with Gasteiger partial charge in [0.05, 0.1) is 18.8 Å². The number of hydrogen-bond donors (Lipinski definition) is 4. The third-order valence-electron chi connectivity index (χ3n) is 15.1. The molecule has 8 rings (SSSR count). The molecule has 4 N–H and O–H groups in total. The topological polar surface area (TPSA) is 131 Å². The van der Waals surface area contributed by atoms with Gasteiger partial charge in [0.15, 0.2) is 17.2 Å². The average molecular weight is 859 g/mol. The van der Waals surface area contributed by atoms with E-state index in [1.807, 2.05) is 30.3 Å². The van der Waals surface area contributed by atoms with E-state index in [0.717, 1.165) is 49.4 Å². The Morgan fingerprint density at radius 1 is 0.903 bits per heavy atom. The maximum absolute atomic E-state index is 16.9. The number of benzene rings is 3. The lowest BCUT2D eigenvalue weighted by molar-refractivity contribution is -0.219. The van der Waals surface area contributed by atoms with Crippen LogP contribution in [0.4, 0.5) is 13.2 Å². The number of nitrogens with zero attached hydrogens (tertiary/aromatic N) is 2. The number of halogens is 3. The monoisotopic (exact) mass is 858 g/mol. The number of aliphatic hydroxyl groups excluding tert-OH is 3. The van der Waals surface area contributed by atoms with E-state index in [0.29, 0.717) is 44.4 Å². The van der Waals surface area contributed by atoms with Crippen LogP contribution in [0.3, 0.4) is 0 Å². The van der Waals surface area contributed by atoms with Crippen LogP contribution >= 0.6 is 0 Å². The summed E-state index contributed by atoms with van der Waals surface area (Å²) in [7, 11) is 0. The van der Waals surface area contributed by atoms with Gasteiger partial charge in [-0.1, -0.05) is 80.1 Å². The van der Waals surface area contributed by atoms with Gasteiger partial charge in [-0.05, 0) is 104 Å². The Bertz CT molecular complexity index is 2050. The van der Waals surface area contributed by atoms with Gasteiger partial charge in [0.1, 0.15) is 29.9 Å². The van der Waals surface area contributed by atoms with Gasteiger partial charge >= 0.3 is 0 Å². The molecule has 3 aromatic rings. The van der Waals surface area contributed by atoms with Crippen LogP contribution in [0.15, 0.2) is 103 Å². The molecule has 0 spiro atoms. The van der Waals surface area contributed by atoms with Crippen molar-refractivity contribution in [3.8, 4) is 0 Å². The van der Waals surface area contributed by atoms with Gasteiger partial charge in [-0.15, -0.1) is 0 Å². The number of allylic oxidation sites excluding steroid dienone is 4. The second kappa shape index (κ2) is 18.6. The number of β-amino-alcohol motifs (C(OH)–C–C–N with tert-alkyl or cyclic N) is 1. The quantitative estimate of drug-likeness (QED) is 0.169.